The lowest BCUT2D eigenvalue weighted by Crippen LogP contribution is -2.11. The number of benzene rings is 2. The standard InChI is InChI=1S/C21H20O4/c1-2-23-17-6-8-18(9-7-17)25-21(22)12-16-13-24-20-11-15-5-3-4-14(15)10-19(16)20/h6-11,13H,2-5,12H2,1H3. The molecule has 0 saturated carbocycles. The molecule has 4 heteroatoms. The van der Waals surface area contributed by atoms with Crippen LogP contribution in [0.5, 0.6) is 11.5 Å². The number of hydrogen-bond acceptors (Lipinski definition) is 4. The van der Waals surface area contributed by atoms with Crippen molar-refractivity contribution in [1.82, 2.24) is 0 Å². The highest BCUT2D eigenvalue weighted by molar-refractivity contribution is 5.87. The minimum absolute atomic E-state index is 0.193. The lowest BCUT2D eigenvalue weighted by molar-refractivity contribution is -0.133. The quantitative estimate of drug-likeness (QED) is 0.509. The van der Waals surface area contributed by atoms with E-state index in [0.29, 0.717) is 12.4 Å². The number of carbonyl (C=O) groups excluding carboxylic acids is 1. The van der Waals surface area contributed by atoms with Crippen molar-refractivity contribution in [2.75, 3.05) is 6.61 Å². The predicted octanol–water partition coefficient (Wildman–Crippen LogP) is 4.47. The van der Waals surface area contributed by atoms with Crippen LogP contribution in [0.2, 0.25) is 0 Å². The summed E-state index contributed by atoms with van der Waals surface area (Å²) >= 11 is 0. The van der Waals surface area contributed by atoms with Gasteiger partial charge in [0.05, 0.1) is 19.3 Å². The summed E-state index contributed by atoms with van der Waals surface area (Å²) < 4.78 is 16.5. The van der Waals surface area contributed by atoms with Crippen LogP contribution in [0.15, 0.2) is 47.1 Å². The zero-order valence-corrected chi connectivity index (χ0v) is 14.2. The largest absolute Gasteiger partial charge is 0.494 e. The minimum Gasteiger partial charge on any atom is -0.494 e. The Morgan fingerprint density at radius 1 is 1.08 bits per heavy atom. The van der Waals surface area contributed by atoms with Gasteiger partial charge in [0.25, 0.3) is 0 Å². The van der Waals surface area contributed by atoms with Gasteiger partial charge in [-0.2, -0.15) is 0 Å². The van der Waals surface area contributed by atoms with Gasteiger partial charge in [0.15, 0.2) is 0 Å². The zero-order chi connectivity index (χ0) is 17.2. The molecule has 0 saturated heterocycles. The van der Waals surface area contributed by atoms with E-state index in [1.165, 1.54) is 17.5 Å². The maximum absolute atomic E-state index is 12.3. The minimum atomic E-state index is -0.299. The number of furan rings is 1. The van der Waals surface area contributed by atoms with Crippen molar-refractivity contribution in [1.29, 1.82) is 0 Å². The summed E-state index contributed by atoms with van der Waals surface area (Å²) in [7, 11) is 0. The van der Waals surface area contributed by atoms with Gasteiger partial charge in [-0.1, -0.05) is 0 Å². The van der Waals surface area contributed by atoms with Gasteiger partial charge in [0.2, 0.25) is 0 Å². The number of aryl methyl sites for hydroxylation is 2. The van der Waals surface area contributed by atoms with Gasteiger partial charge in [-0.15, -0.1) is 0 Å². The number of fused-ring (bicyclic) bond motifs is 2. The second kappa shape index (κ2) is 6.63. The van der Waals surface area contributed by atoms with Crippen LogP contribution in [0.4, 0.5) is 0 Å². The zero-order valence-electron chi connectivity index (χ0n) is 14.2. The molecule has 128 valence electrons. The normalized spacial score (nSPS) is 13.0. The Kier molecular flexibility index (Phi) is 4.18. The highest BCUT2D eigenvalue weighted by Crippen LogP contribution is 2.30. The molecule has 1 aliphatic rings. The Morgan fingerprint density at radius 2 is 1.80 bits per heavy atom. The fourth-order valence-electron chi connectivity index (χ4n) is 3.38. The topological polar surface area (TPSA) is 48.7 Å². The Hall–Kier alpha value is -2.75. The van der Waals surface area contributed by atoms with Crippen LogP contribution >= 0.6 is 0 Å². The van der Waals surface area contributed by atoms with Crippen molar-refractivity contribution in [3.8, 4) is 11.5 Å². The molecule has 0 atom stereocenters. The summed E-state index contributed by atoms with van der Waals surface area (Å²) in [5, 5.41) is 1.02. The first-order chi connectivity index (χ1) is 12.2. The first-order valence-electron chi connectivity index (χ1n) is 8.68. The van der Waals surface area contributed by atoms with Crippen LogP contribution in [0.1, 0.15) is 30.0 Å². The van der Waals surface area contributed by atoms with Gasteiger partial charge in [-0.3, -0.25) is 4.79 Å². The Balaban J connectivity index is 1.48. The van der Waals surface area contributed by atoms with Gasteiger partial charge in [-0.25, -0.2) is 0 Å². The van der Waals surface area contributed by atoms with E-state index in [1.54, 1.807) is 30.5 Å². The lowest BCUT2D eigenvalue weighted by Gasteiger charge is -2.06. The van der Waals surface area contributed by atoms with Crippen LogP contribution in [0, 0.1) is 0 Å². The smallest absolute Gasteiger partial charge is 0.315 e. The second-order valence-corrected chi connectivity index (χ2v) is 6.29. The molecule has 0 bridgehead atoms. The number of ether oxygens (including phenoxy) is 2. The molecule has 0 fully saturated rings. The third-order valence-electron chi connectivity index (χ3n) is 4.57. The van der Waals surface area contributed by atoms with Gasteiger partial charge < -0.3 is 13.9 Å². The number of rotatable bonds is 5. The first kappa shape index (κ1) is 15.8. The van der Waals surface area contributed by atoms with Crippen LogP contribution < -0.4 is 9.47 Å². The van der Waals surface area contributed by atoms with Crippen LogP contribution in [-0.2, 0) is 24.1 Å². The molecule has 0 N–H and O–H groups in total. The van der Waals surface area contributed by atoms with Gasteiger partial charge in [0.1, 0.15) is 17.1 Å². The van der Waals surface area contributed by atoms with Crippen LogP contribution in [0.3, 0.4) is 0 Å². The van der Waals surface area contributed by atoms with Crippen molar-refractivity contribution in [3.63, 3.8) is 0 Å². The Bertz CT molecular complexity index is 906. The highest BCUT2D eigenvalue weighted by Gasteiger charge is 2.17. The summed E-state index contributed by atoms with van der Waals surface area (Å²) in [5.74, 6) is 0.978. The molecule has 2 aromatic carbocycles. The Labute approximate surface area is 146 Å². The molecule has 1 aromatic heterocycles. The average Bonchev–Trinajstić information content (AvgIpc) is 3.21. The molecule has 1 aliphatic carbocycles. The predicted molar refractivity (Wildman–Crippen MR) is 95.2 cm³/mol. The average molecular weight is 336 g/mol. The highest BCUT2D eigenvalue weighted by atomic mass is 16.5. The number of carbonyl (C=O) groups is 1. The molecule has 0 amide bonds. The van der Waals surface area contributed by atoms with E-state index in [9.17, 15) is 4.79 Å². The van der Waals surface area contributed by atoms with Crippen molar-refractivity contribution in [2.24, 2.45) is 0 Å². The molecule has 0 aliphatic heterocycles. The molecule has 4 rings (SSSR count). The van der Waals surface area contributed by atoms with E-state index in [4.69, 9.17) is 13.9 Å². The van der Waals surface area contributed by atoms with Crippen molar-refractivity contribution >= 4 is 16.9 Å². The Morgan fingerprint density at radius 3 is 2.56 bits per heavy atom. The molecular formula is C21H20O4. The fraction of sp³-hybridized carbons (Fsp3) is 0.286. The maximum atomic E-state index is 12.3. The maximum Gasteiger partial charge on any atom is 0.315 e. The molecular weight excluding hydrogens is 316 g/mol. The SMILES string of the molecule is CCOc1ccc(OC(=O)Cc2coc3cc4c(cc23)CCC4)cc1. The third kappa shape index (κ3) is 3.25. The summed E-state index contributed by atoms with van der Waals surface area (Å²) in [5.41, 5.74) is 4.46. The van der Waals surface area contributed by atoms with Crippen LogP contribution in [0.25, 0.3) is 11.0 Å². The fourth-order valence-corrected chi connectivity index (χ4v) is 3.38. The van der Waals surface area contributed by atoms with Gasteiger partial charge in [0, 0.05) is 10.9 Å². The summed E-state index contributed by atoms with van der Waals surface area (Å²) in [4.78, 5) is 12.3. The first-order valence-corrected chi connectivity index (χ1v) is 8.68. The van der Waals surface area contributed by atoms with Crippen LogP contribution in [-0.4, -0.2) is 12.6 Å². The molecule has 0 unspecified atom stereocenters. The molecule has 25 heavy (non-hydrogen) atoms. The number of hydrogen-bond donors (Lipinski definition) is 0. The molecule has 0 spiro atoms. The summed E-state index contributed by atoms with van der Waals surface area (Å²) in [6, 6.07) is 11.3. The molecule has 4 nitrogen and oxygen atoms in total. The molecule has 1 heterocycles. The van der Waals surface area contributed by atoms with E-state index < -0.39 is 0 Å². The summed E-state index contributed by atoms with van der Waals surface area (Å²) in [6.07, 6.45) is 5.27. The lowest BCUT2D eigenvalue weighted by atomic mass is 10.0. The molecule has 0 radical (unpaired) electrons. The van der Waals surface area contributed by atoms with Gasteiger partial charge in [-0.05, 0) is 73.7 Å². The van der Waals surface area contributed by atoms with E-state index in [0.717, 1.165) is 35.1 Å². The van der Waals surface area contributed by atoms with E-state index >= 15 is 0 Å². The van der Waals surface area contributed by atoms with E-state index in [2.05, 4.69) is 12.1 Å². The van der Waals surface area contributed by atoms with E-state index in [-0.39, 0.29) is 12.4 Å². The monoisotopic (exact) mass is 336 g/mol. The van der Waals surface area contributed by atoms with Gasteiger partial charge >= 0.3 is 5.97 Å². The van der Waals surface area contributed by atoms with Crippen molar-refractivity contribution in [3.05, 3.63) is 59.4 Å². The molecule has 3 aromatic rings. The van der Waals surface area contributed by atoms with Crippen molar-refractivity contribution in [2.45, 2.75) is 32.6 Å². The second-order valence-electron chi connectivity index (χ2n) is 6.29. The van der Waals surface area contributed by atoms with Crippen molar-refractivity contribution < 1.29 is 18.7 Å². The van der Waals surface area contributed by atoms with E-state index in [1.807, 2.05) is 6.92 Å². The summed E-state index contributed by atoms with van der Waals surface area (Å²) in [6.45, 7) is 2.54. The number of esters is 1. The third-order valence-corrected chi connectivity index (χ3v) is 4.57.